The third-order valence-electron chi connectivity index (χ3n) is 6.58. The first kappa shape index (κ1) is 18.0. The molecule has 2 saturated carbocycles. The second-order valence-corrected chi connectivity index (χ2v) is 9.08. The zero-order chi connectivity index (χ0) is 20.4. The van der Waals surface area contributed by atoms with Crippen LogP contribution >= 0.6 is 11.6 Å². The summed E-state index contributed by atoms with van der Waals surface area (Å²) in [6.07, 6.45) is 5.44. The van der Waals surface area contributed by atoms with Gasteiger partial charge in [0, 0.05) is 30.3 Å². The van der Waals surface area contributed by atoms with Crippen LogP contribution in [0.2, 0.25) is 5.02 Å². The molecule has 0 N–H and O–H groups in total. The maximum atomic E-state index is 12.9. The normalized spacial score (nSPS) is 20.6. The lowest BCUT2D eigenvalue weighted by Gasteiger charge is -2.08. The molecule has 0 aliphatic heterocycles. The molecule has 4 nitrogen and oxygen atoms in total. The van der Waals surface area contributed by atoms with Crippen LogP contribution < -0.4 is 5.56 Å². The van der Waals surface area contributed by atoms with Crippen molar-refractivity contribution < 1.29 is 0 Å². The fourth-order valence-corrected chi connectivity index (χ4v) is 4.76. The van der Waals surface area contributed by atoms with Crippen LogP contribution in [-0.2, 0) is 7.05 Å². The molecular formula is C25H22ClN3O. The van der Waals surface area contributed by atoms with Gasteiger partial charge in [-0.1, -0.05) is 23.7 Å². The Balaban J connectivity index is 1.30. The van der Waals surface area contributed by atoms with Crippen molar-refractivity contribution in [1.29, 1.82) is 0 Å². The molecule has 2 heterocycles. The lowest BCUT2D eigenvalue weighted by molar-refractivity contribution is 0.819. The van der Waals surface area contributed by atoms with Crippen molar-refractivity contribution in [3.8, 4) is 5.69 Å². The summed E-state index contributed by atoms with van der Waals surface area (Å²) < 4.78 is 3.91. The van der Waals surface area contributed by atoms with Gasteiger partial charge in [0.15, 0.2) is 0 Å². The molecule has 4 aromatic rings. The first-order valence-corrected chi connectivity index (χ1v) is 10.9. The third-order valence-corrected chi connectivity index (χ3v) is 6.83. The van der Waals surface area contributed by atoms with Gasteiger partial charge in [-0.25, -0.2) is 4.98 Å². The molecule has 150 valence electrons. The number of aryl methyl sites for hydroxylation is 1. The van der Waals surface area contributed by atoms with E-state index in [1.54, 1.807) is 10.6 Å². The summed E-state index contributed by atoms with van der Waals surface area (Å²) in [4.78, 5) is 17.7. The van der Waals surface area contributed by atoms with E-state index in [-0.39, 0.29) is 5.56 Å². The third kappa shape index (κ3) is 2.98. The van der Waals surface area contributed by atoms with Crippen LogP contribution in [0, 0.1) is 0 Å². The fraction of sp³-hybridized carbons (Fsp3) is 0.280. The van der Waals surface area contributed by atoms with E-state index < -0.39 is 0 Å². The second kappa shape index (κ2) is 6.58. The van der Waals surface area contributed by atoms with Crippen molar-refractivity contribution in [2.75, 3.05) is 0 Å². The molecule has 0 bridgehead atoms. The number of rotatable bonds is 4. The second-order valence-electron chi connectivity index (χ2n) is 8.64. The molecule has 0 radical (unpaired) electrons. The monoisotopic (exact) mass is 415 g/mol. The van der Waals surface area contributed by atoms with Crippen molar-refractivity contribution in [3.05, 3.63) is 93.1 Å². The Morgan fingerprint density at radius 3 is 2.47 bits per heavy atom. The smallest absolute Gasteiger partial charge is 0.255 e. The number of nitrogens with zero attached hydrogens (tertiary/aromatic N) is 3. The molecule has 2 aliphatic rings. The predicted octanol–water partition coefficient (Wildman–Crippen LogP) is 5.53. The topological polar surface area (TPSA) is 39.8 Å². The highest BCUT2D eigenvalue weighted by molar-refractivity contribution is 6.30. The van der Waals surface area contributed by atoms with Crippen LogP contribution in [0.3, 0.4) is 0 Å². The van der Waals surface area contributed by atoms with Gasteiger partial charge in [0.25, 0.3) is 5.56 Å². The van der Waals surface area contributed by atoms with E-state index in [4.69, 9.17) is 16.6 Å². The highest BCUT2D eigenvalue weighted by Gasteiger charge is 2.39. The Labute approximate surface area is 179 Å². The molecule has 2 aromatic heterocycles. The minimum atomic E-state index is 0.0122. The minimum absolute atomic E-state index is 0.0122. The average molecular weight is 416 g/mol. The lowest BCUT2D eigenvalue weighted by Crippen LogP contribution is -2.17. The van der Waals surface area contributed by atoms with Gasteiger partial charge in [0.2, 0.25) is 0 Å². The standard InChI is InChI=1S/C25H22ClN3O/c1-28-23-13-19(8-9-22(23)27-25(28)16-2-3-16)29-11-10-17(12-24(29)30)21-14-20(21)15-4-6-18(26)7-5-15/h4-13,16,20-21H,2-3,14H2,1H3. The first-order chi connectivity index (χ1) is 14.6. The van der Waals surface area contributed by atoms with Crippen molar-refractivity contribution in [2.45, 2.75) is 37.0 Å². The molecule has 2 fully saturated rings. The van der Waals surface area contributed by atoms with Gasteiger partial charge < -0.3 is 4.57 Å². The Bertz CT molecular complexity index is 1330. The zero-order valence-electron chi connectivity index (χ0n) is 16.8. The van der Waals surface area contributed by atoms with E-state index in [9.17, 15) is 4.79 Å². The van der Waals surface area contributed by atoms with Crippen molar-refractivity contribution in [3.63, 3.8) is 0 Å². The lowest BCUT2D eigenvalue weighted by atomic mass is 10.1. The van der Waals surface area contributed by atoms with Gasteiger partial charge in [0.1, 0.15) is 5.82 Å². The zero-order valence-corrected chi connectivity index (χ0v) is 17.5. The van der Waals surface area contributed by atoms with Gasteiger partial charge in [-0.15, -0.1) is 0 Å². The molecular weight excluding hydrogens is 394 g/mol. The highest BCUT2D eigenvalue weighted by Crippen LogP contribution is 2.54. The molecule has 5 heteroatoms. The van der Waals surface area contributed by atoms with E-state index in [1.165, 1.54) is 18.4 Å². The van der Waals surface area contributed by atoms with E-state index in [0.717, 1.165) is 39.6 Å². The van der Waals surface area contributed by atoms with Crippen molar-refractivity contribution in [2.24, 2.45) is 7.05 Å². The molecule has 0 saturated heterocycles. The van der Waals surface area contributed by atoms with E-state index in [1.807, 2.05) is 30.5 Å². The summed E-state index contributed by atoms with van der Waals surface area (Å²) in [6.45, 7) is 0. The van der Waals surface area contributed by atoms with Crippen LogP contribution in [0.15, 0.2) is 65.6 Å². The summed E-state index contributed by atoms with van der Waals surface area (Å²) in [5, 5.41) is 0.758. The average Bonchev–Trinajstić information content (AvgIpc) is 3.67. The highest BCUT2D eigenvalue weighted by atomic mass is 35.5. The largest absolute Gasteiger partial charge is 0.331 e. The number of aromatic nitrogens is 3. The van der Waals surface area contributed by atoms with Crippen LogP contribution in [0.4, 0.5) is 0 Å². The van der Waals surface area contributed by atoms with Crippen molar-refractivity contribution in [1.82, 2.24) is 14.1 Å². The Morgan fingerprint density at radius 2 is 1.73 bits per heavy atom. The van der Waals surface area contributed by atoms with Crippen LogP contribution in [0.1, 0.15) is 54.0 Å². The maximum absolute atomic E-state index is 12.9. The van der Waals surface area contributed by atoms with E-state index in [0.29, 0.717) is 17.8 Å². The number of imidazole rings is 1. The summed E-state index contributed by atoms with van der Waals surface area (Å²) in [5.41, 5.74) is 5.38. The summed E-state index contributed by atoms with van der Waals surface area (Å²) in [7, 11) is 2.07. The van der Waals surface area contributed by atoms with Crippen LogP contribution in [0.25, 0.3) is 16.7 Å². The predicted molar refractivity (Wildman–Crippen MR) is 120 cm³/mol. The molecule has 2 aliphatic carbocycles. The molecule has 0 amide bonds. The Morgan fingerprint density at radius 1 is 0.967 bits per heavy atom. The number of halogens is 1. The number of benzene rings is 2. The Hall–Kier alpha value is -2.85. The molecule has 2 unspecified atom stereocenters. The molecule has 0 spiro atoms. The number of fused-ring (bicyclic) bond motifs is 1. The summed E-state index contributed by atoms with van der Waals surface area (Å²) >= 11 is 6.00. The van der Waals surface area contributed by atoms with E-state index in [2.05, 4.69) is 35.9 Å². The van der Waals surface area contributed by atoms with Gasteiger partial charge in [-0.2, -0.15) is 0 Å². The van der Waals surface area contributed by atoms with Gasteiger partial charge in [-0.05, 0) is 78.6 Å². The number of hydrogen-bond acceptors (Lipinski definition) is 2. The molecule has 30 heavy (non-hydrogen) atoms. The van der Waals surface area contributed by atoms with Crippen LogP contribution in [-0.4, -0.2) is 14.1 Å². The molecule has 2 aromatic carbocycles. The number of pyridine rings is 1. The molecule has 6 rings (SSSR count). The van der Waals surface area contributed by atoms with E-state index >= 15 is 0 Å². The van der Waals surface area contributed by atoms with Crippen LogP contribution in [0.5, 0.6) is 0 Å². The van der Waals surface area contributed by atoms with Gasteiger partial charge in [0.05, 0.1) is 16.7 Å². The minimum Gasteiger partial charge on any atom is -0.331 e. The van der Waals surface area contributed by atoms with Gasteiger partial charge in [-0.3, -0.25) is 9.36 Å². The molecule has 2 atom stereocenters. The SMILES string of the molecule is Cn1c(C2CC2)nc2ccc(-n3ccc(C4CC4c4ccc(Cl)cc4)cc3=O)cc21. The quantitative estimate of drug-likeness (QED) is 0.440. The first-order valence-electron chi connectivity index (χ1n) is 10.5. The summed E-state index contributed by atoms with van der Waals surface area (Å²) in [6, 6.07) is 18.0. The van der Waals surface area contributed by atoms with Gasteiger partial charge >= 0.3 is 0 Å². The number of hydrogen-bond donors (Lipinski definition) is 0. The fourth-order valence-electron chi connectivity index (χ4n) is 4.63. The maximum Gasteiger partial charge on any atom is 0.255 e. The Kier molecular flexibility index (Phi) is 3.94. The summed E-state index contributed by atoms with van der Waals surface area (Å²) in [5.74, 6) is 2.64. The van der Waals surface area contributed by atoms with Crippen molar-refractivity contribution >= 4 is 22.6 Å².